The number of rotatable bonds is 8. The predicted octanol–water partition coefficient (Wildman–Crippen LogP) is 2.69. The van der Waals surface area contributed by atoms with E-state index in [0.717, 1.165) is 35.1 Å². The van der Waals surface area contributed by atoms with Crippen LogP contribution in [0.3, 0.4) is 0 Å². The largest absolute Gasteiger partial charge is 0.358 e. The normalized spacial score (nSPS) is 14.5. The monoisotopic (exact) mass is 436 g/mol. The predicted molar refractivity (Wildman–Crippen MR) is 125 cm³/mol. The molecule has 1 saturated heterocycles. The molecule has 1 heterocycles. The maximum atomic E-state index is 12.5. The van der Waals surface area contributed by atoms with Crippen LogP contribution in [0, 0.1) is 0 Å². The van der Waals surface area contributed by atoms with Crippen LogP contribution in [0.4, 0.5) is 5.69 Å². The van der Waals surface area contributed by atoms with Crippen molar-refractivity contribution in [3.8, 4) is 0 Å². The lowest BCUT2D eigenvalue weighted by atomic mass is 10.1. The van der Waals surface area contributed by atoms with Crippen molar-refractivity contribution >= 4 is 45.8 Å². The van der Waals surface area contributed by atoms with Crippen LogP contribution in [0.5, 0.6) is 0 Å². The number of thiocarbonyl (C=S) groups is 1. The Morgan fingerprint density at radius 1 is 1.10 bits per heavy atom. The second-order valence-electron chi connectivity index (χ2n) is 6.94. The Labute approximate surface area is 184 Å². The summed E-state index contributed by atoms with van der Waals surface area (Å²) in [6.45, 7) is 11.0. The molecule has 8 heteroatoms. The fraction of sp³-hybridized carbons (Fsp3) is 0.571. The third kappa shape index (κ3) is 7.28. The Hall–Kier alpha value is -1.64. The topological polar surface area (TPSA) is 55.9 Å². The van der Waals surface area contributed by atoms with Crippen LogP contribution < -0.4 is 5.32 Å². The summed E-state index contributed by atoms with van der Waals surface area (Å²) in [5, 5.41) is 3.01. The third-order valence-corrected chi connectivity index (χ3v) is 6.61. The van der Waals surface area contributed by atoms with Gasteiger partial charge in [0.1, 0.15) is 4.32 Å². The summed E-state index contributed by atoms with van der Waals surface area (Å²) in [6, 6.07) is 7.89. The highest BCUT2D eigenvalue weighted by atomic mass is 32.2. The van der Waals surface area contributed by atoms with E-state index in [4.69, 9.17) is 12.2 Å². The van der Waals surface area contributed by atoms with Gasteiger partial charge in [-0.05, 0) is 31.9 Å². The minimum absolute atomic E-state index is 0.00852. The molecule has 0 spiro atoms. The smallest absolute Gasteiger partial charge is 0.238 e. The number of nitrogens with zero attached hydrogens (tertiary/aromatic N) is 3. The van der Waals surface area contributed by atoms with Crippen LogP contribution >= 0.6 is 24.0 Å². The van der Waals surface area contributed by atoms with Gasteiger partial charge < -0.3 is 15.1 Å². The summed E-state index contributed by atoms with van der Waals surface area (Å²) in [4.78, 5) is 30.9. The van der Waals surface area contributed by atoms with Gasteiger partial charge in [0.05, 0.1) is 12.3 Å². The summed E-state index contributed by atoms with van der Waals surface area (Å²) < 4.78 is 0.783. The molecule has 0 radical (unpaired) electrons. The number of hydrogen-bond acceptors (Lipinski definition) is 5. The summed E-state index contributed by atoms with van der Waals surface area (Å²) >= 11 is 6.84. The minimum Gasteiger partial charge on any atom is -0.358 e. The molecule has 2 rings (SSSR count). The van der Waals surface area contributed by atoms with Gasteiger partial charge in [-0.1, -0.05) is 49.1 Å². The molecular weight excluding hydrogens is 404 g/mol. The van der Waals surface area contributed by atoms with E-state index in [9.17, 15) is 9.59 Å². The third-order valence-electron chi connectivity index (χ3n) is 5.11. The molecule has 0 aromatic heterocycles. The molecule has 1 aliphatic rings. The molecule has 2 amide bonds. The van der Waals surface area contributed by atoms with E-state index in [1.54, 1.807) is 0 Å². The average Bonchev–Trinajstić information content (AvgIpc) is 2.73. The quantitative estimate of drug-likeness (QED) is 0.633. The average molecular weight is 437 g/mol. The van der Waals surface area contributed by atoms with Gasteiger partial charge in [0.25, 0.3) is 0 Å². The first-order valence-electron chi connectivity index (χ1n) is 10.3. The van der Waals surface area contributed by atoms with E-state index in [2.05, 4.69) is 35.9 Å². The Bertz CT molecular complexity index is 702. The Morgan fingerprint density at radius 3 is 2.38 bits per heavy atom. The van der Waals surface area contributed by atoms with Gasteiger partial charge in [-0.25, -0.2) is 0 Å². The molecule has 29 heavy (non-hydrogen) atoms. The molecule has 0 bridgehead atoms. The molecular formula is C21H32N4O2S2. The van der Waals surface area contributed by atoms with Gasteiger partial charge in [0.2, 0.25) is 11.8 Å². The SMILES string of the molecule is CCc1ccccc1NC(=O)CN1CCN(C(=O)CSC(=S)N(CC)CC)CC1. The van der Waals surface area contributed by atoms with Gasteiger partial charge in [0, 0.05) is 45.0 Å². The van der Waals surface area contributed by atoms with Crippen LogP contribution in [0.15, 0.2) is 24.3 Å². The van der Waals surface area contributed by atoms with Crippen LogP contribution in [-0.2, 0) is 16.0 Å². The number of carbonyl (C=O) groups is 2. The number of hydrogen-bond donors (Lipinski definition) is 1. The maximum absolute atomic E-state index is 12.5. The maximum Gasteiger partial charge on any atom is 0.238 e. The lowest BCUT2D eigenvalue weighted by Crippen LogP contribution is -2.51. The van der Waals surface area contributed by atoms with E-state index < -0.39 is 0 Å². The van der Waals surface area contributed by atoms with Gasteiger partial charge in [-0.15, -0.1) is 0 Å². The van der Waals surface area contributed by atoms with Crippen molar-refractivity contribution in [3.05, 3.63) is 29.8 Å². The highest BCUT2D eigenvalue weighted by molar-refractivity contribution is 8.23. The van der Waals surface area contributed by atoms with E-state index in [1.807, 2.05) is 29.2 Å². The number of carbonyl (C=O) groups excluding carboxylic acids is 2. The lowest BCUT2D eigenvalue weighted by molar-refractivity contribution is -0.130. The summed E-state index contributed by atoms with van der Waals surface area (Å²) in [5.41, 5.74) is 2.02. The fourth-order valence-electron chi connectivity index (χ4n) is 3.29. The number of amides is 2. The van der Waals surface area contributed by atoms with Crippen LogP contribution in [0.2, 0.25) is 0 Å². The number of aryl methyl sites for hydroxylation is 1. The van der Waals surface area contributed by atoms with Crippen molar-refractivity contribution in [3.63, 3.8) is 0 Å². The zero-order valence-corrected chi connectivity index (χ0v) is 19.3. The van der Waals surface area contributed by atoms with E-state index in [-0.39, 0.29) is 11.8 Å². The minimum atomic E-state index is -0.00852. The summed E-state index contributed by atoms with van der Waals surface area (Å²) in [6.07, 6.45) is 0.882. The van der Waals surface area contributed by atoms with Gasteiger partial charge in [-0.2, -0.15) is 0 Å². The number of benzene rings is 1. The first kappa shape index (κ1) is 23.6. The molecule has 160 valence electrons. The number of piperazine rings is 1. The highest BCUT2D eigenvalue weighted by Crippen LogP contribution is 2.16. The van der Waals surface area contributed by atoms with Gasteiger partial charge >= 0.3 is 0 Å². The fourth-order valence-corrected chi connectivity index (χ4v) is 4.59. The van der Waals surface area contributed by atoms with Crippen molar-refractivity contribution < 1.29 is 9.59 Å². The summed E-state index contributed by atoms with van der Waals surface area (Å²) in [7, 11) is 0. The Morgan fingerprint density at radius 2 is 1.76 bits per heavy atom. The van der Waals surface area contributed by atoms with Crippen molar-refractivity contribution in [2.24, 2.45) is 0 Å². The Kier molecular flexibility index (Phi) is 9.90. The molecule has 1 aromatic carbocycles. The number of anilines is 1. The van der Waals surface area contributed by atoms with Crippen LogP contribution in [-0.4, -0.2) is 82.4 Å². The van der Waals surface area contributed by atoms with Crippen LogP contribution in [0.1, 0.15) is 26.3 Å². The summed E-state index contributed by atoms with van der Waals surface area (Å²) in [5.74, 6) is 0.486. The van der Waals surface area contributed by atoms with Gasteiger partial charge in [0.15, 0.2) is 0 Å². The standard InChI is InChI=1S/C21H32N4O2S2/c1-4-17-9-7-8-10-18(17)22-19(26)15-23-11-13-25(14-12-23)20(27)16-29-21(28)24(5-2)6-3/h7-10H,4-6,11-16H2,1-3H3,(H,22,26). The molecule has 1 aliphatic heterocycles. The molecule has 0 unspecified atom stereocenters. The number of nitrogens with one attached hydrogen (secondary N) is 1. The van der Waals surface area contributed by atoms with Crippen molar-refractivity contribution in [1.29, 1.82) is 0 Å². The van der Waals surface area contributed by atoms with E-state index in [0.29, 0.717) is 38.5 Å². The highest BCUT2D eigenvalue weighted by Gasteiger charge is 2.23. The number of para-hydroxylation sites is 1. The molecule has 6 nitrogen and oxygen atoms in total. The van der Waals surface area contributed by atoms with Crippen LogP contribution in [0.25, 0.3) is 0 Å². The van der Waals surface area contributed by atoms with Crippen molar-refractivity contribution in [1.82, 2.24) is 14.7 Å². The zero-order valence-electron chi connectivity index (χ0n) is 17.6. The molecule has 0 atom stereocenters. The second kappa shape index (κ2) is 12.1. The van der Waals surface area contributed by atoms with Crippen molar-refractivity contribution in [2.45, 2.75) is 27.2 Å². The molecule has 0 aliphatic carbocycles. The molecule has 0 saturated carbocycles. The lowest BCUT2D eigenvalue weighted by Gasteiger charge is -2.34. The number of thioether (sulfide) groups is 1. The zero-order chi connectivity index (χ0) is 21.2. The molecule has 1 N–H and O–H groups in total. The molecule has 1 aromatic rings. The Balaban J connectivity index is 1.73. The van der Waals surface area contributed by atoms with Crippen molar-refractivity contribution in [2.75, 3.05) is 56.9 Å². The van der Waals surface area contributed by atoms with E-state index >= 15 is 0 Å². The molecule has 1 fully saturated rings. The first-order chi connectivity index (χ1) is 14.0. The van der Waals surface area contributed by atoms with Gasteiger partial charge in [-0.3, -0.25) is 14.5 Å². The first-order valence-corrected chi connectivity index (χ1v) is 11.7. The second-order valence-corrected chi connectivity index (χ2v) is 8.55. The van der Waals surface area contributed by atoms with E-state index in [1.165, 1.54) is 11.8 Å².